The molecule has 1 rings (SSSR count). The molecule has 0 N–H and O–H groups in total. The number of piperidine rings is 1. The van der Waals surface area contributed by atoms with Gasteiger partial charge < -0.3 is 9.57 Å². The molecule has 0 amide bonds. The highest BCUT2D eigenvalue weighted by atomic mass is 16.7. The summed E-state index contributed by atoms with van der Waals surface area (Å²) < 4.78 is 5.20. The Kier molecular flexibility index (Phi) is 6.20. The normalized spacial score (nSPS) is 24.0. The standard InChI is InChI=1S/C16H29NO4/c1-11(2)20-14(18)9-13-7-8-17(10-12(13)3)21-15(19)16(4,5)6/h11-13H,7-10H2,1-6H3/t12?,13-/m0/s1. The van der Waals surface area contributed by atoms with E-state index in [0.717, 1.165) is 6.42 Å². The molecule has 0 aromatic heterocycles. The van der Waals surface area contributed by atoms with Crippen molar-refractivity contribution in [2.24, 2.45) is 17.3 Å². The first-order valence-corrected chi connectivity index (χ1v) is 7.76. The molecule has 1 aliphatic rings. The summed E-state index contributed by atoms with van der Waals surface area (Å²) in [5.41, 5.74) is -0.499. The minimum atomic E-state index is -0.499. The number of esters is 1. The van der Waals surface area contributed by atoms with E-state index in [1.165, 1.54) is 0 Å². The second kappa shape index (κ2) is 7.25. The molecular formula is C16H29NO4. The summed E-state index contributed by atoms with van der Waals surface area (Å²) >= 11 is 0. The summed E-state index contributed by atoms with van der Waals surface area (Å²) in [6.07, 6.45) is 1.22. The molecule has 1 unspecified atom stereocenters. The van der Waals surface area contributed by atoms with Crippen molar-refractivity contribution < 1.29 is 19.2 Å². The Balaban J connectivity index is 2.44. The van der Waals surface area contributed by atoms with E-state index < -0.39 is 5.41 Å². The van der Waals surface area contributed by atoms with Gasteiger partial charge in [0, 0.05) is 19.5 Å². The molecule has 0 bridgehead atoms. The zero-order valence-electron chi connectivity index (χ0n) is 14.1. The van der Waals surface area contributed by atoms with Gasteiger partial charge in [-0.1, -0.05) is 6.92 Å². The van der Waals surface area contributed by atoms with Gasteiger partial charge in [-0.25, -0.2) is 4.79 Å². The Hall–Kier alpha value is -1.10. The van der Waals surface area contributed by atoms with Crippen molar-refractivity contribution in [3.63, 3.8) is 0 Å². The van der Waals surface area contributed by atoms with Crippen LogP contribution in [0.4, 0.5) is 0 Å². The van der Waals surface area contributed by atoms with Crippen LogP contribution in [0.3, 0.4) is 0 Å². The second-order valence-corrected chi connectivity index (χ2v) is 7.29. The molecule has 21 heavy (non-hydrogen) atoms. The van der Waals surface area contributed by atoms with Crippen LogP contribution >= 0.6 is 0 Å². The zero-order chi connectivity index (χ0) is 16.2. The third-order valence-electron chi connectivity index (χ3n) is 3.67. The van der Waals surface area contributed by atoms with Crippen molar-refractivity contribution in [2.75, 3.05) is 13.1 Å². The average molecular weight is 299 g/mol. The number of carbonyl (C=O) groups excluding carboxylic acids is 2. The van der Waals surface area contributed by atoms with Crippen molar-refractivity contribution in [1.29, 1.82) is 0 Å². The maximum absolute atomic E-state index is 11.9. The van der Waals surface area contributed by atoms with Crippen molar-refractivity contribution in [1.82, 2.24) is 5.06 Å². The molecule has 1 fully saturated rings. The van der Waals surface area contributed by atoms with Crippen molar-refractivity contribution in [3.8, 4) is 0 Å². The van der Waals surface area contributed by atoms with E-state index in [2.05, 4.69) is 6.92 Å². The molecule has 1 heterocycles. The predicted octanol–water partition coefficient (Wildman–Crippen LogP) is 2.79. The molecule has 0 aromatic carbocycles. The fourth-order valence-corrected chi connectivity index (χ4v) is 2.32. The lowest BCUT2D eigenvalue weighted by molar-refractivity contribution is -0.210. The number of ether oxygens (including phenoxy) is 1. The summed E-state index contributed by atoms with van der Waals surface area (Å²) in [5, 5.41) is 1.72. The Morgan fingerprint density at radius 1 is 1.29 bits per heavy atom. The Bertz CT molecular complexity index is 373. The van der Waals surface area contributed by atoms with Crippen LogP contribution in [0.2, 0.25) is 0 Å². The van der Waals surface area contributed by atoms with Gasteiger partial charge in [0.2, 0.25) is 0 Å². The third kappa shape index (κ3) is 6.04. The Labute approximate surface area is 127 Å². The molecule has 0 spiro atoms. The van der Waals surface area contributed by atoms with Crippen LogP contribution in [0.5, 0.6) is 0 Å². The predicted molar refractivity (Wildman–Crippen MR) is 80.2 cm³/mol. The minimum absolute atomic E-state index is 0.0689. The van der Waals surface area contributed by atoms with E-state index >= 15 is 0 Å². The van der Waals surface area contributed by atoms with E-state index in [1.54, 1.807) is 5.06 Å². The van der Waals surface area contributed by atoms with E-state index in [1.807, 2.05) is 34.6 Å². The lowest BCUT2D eigenvalue weighted by Gasteiger charge is -2.36. The molecule has 122 valence electrons. The Morgan fingerprint density at radius 3 is 2.38 bits per heavy atom. The topological polar surface area (TPSA) is 55.8 Å². The van der Waals surface area contributed by atoms with Crippen LogP contribution < -0.4 is 0 Å². The van der Waals surface area contributed by atoms with Crippen LogP contribution in [-0.2, 0) is 19.2 Å². The molecule has 0 radical (unpaired) electrons. The number of nitrogens with zero attached hydrogens (tertiary/aromatic N) is 1. The van der Waals surface area contributed by atoms with Crippen molar-refractivity contribution in [3.05, 3.63) is 0 Å². The van der Waals surface area contributed by atoms with Crippen molar-refractivity contribution >= 4 is 11.9 Å². The second-order valence-electron chi connectivity index (χ2n) is 7.29. The fraction of sp³-hybridized carbons (Fsp3) is 0.875. The van der Waals surface area contributed by atoms with Crippen LogP contribution in [0, 0.1) is 17.3 Å². The molecule has 0 aliphatic carbocycles. The number of rotatable bonds is 4. The number of hydrogen-bond acceptors (Lipinski definition) is 5. The summed E-state index contributed by atoms with van der Waals surface area (Å²) in [4.78, 5) is 29.0. The van der Waals surface area contributed by atoms with Gasteiger partial charge >= 0.3 is 11.9 Å². The molecule has 1 aliphatic heterocycles. The number of carbonyl (C=O) groups is 2. The van der Waals surface area contributed by atoms with Crippen LogP contribution in [0.1, 0.15) is 54.4 Å². The van der Waals surface area contributed by atoms with Crippen LogP contribution in [0.25, 0.3) is 0 Å². The van der Waals surface area contributed by atoms with Gasteiger partial charge in [-0.2, -0.15) is 0 Å². The zero-order valence-corrected chi connectivity index (χ0v) is 14.1. The molecule has 0 saturated carbocycles. The highest BCUT2D eigenvalue weighted by Gasteiger charge is 2.32. The molecular weight excluding hydrogens is 270 g/mol. The quantitative estimate of drug-likeness (QED) is 0.747. The maximum atomic E-state index is 11.9. The third-order valence-corrected chi connectivity index (χ3v) is 3.67. The SMILES string of the molecule is CC(C)OC(=O)C[C@@H]1CCN(OC(=O)C(C)(C)C)CC1C. The molecule has 1 saturated heterocycles. The maximum Gasteiger partial charge on any atom is 0.330 e. The first-order chi connectivity index (χ1) is 9.59. The summed E-state index contributed by atoms with van der Waals surface area (Å²) in [6, 6.07) is 0. The van der Waals surface area contributed by atoms with Gasteiger partial charge in [-0.15, -0.1) is 5.06 Å². The van der Waals surface area contributed by atoms with Crippen LogP contribution in [-0.4, -0.2) is 36.2 Å². The van der Waals surface area contributed by atoms with Gasteiger partial charge in [-0.05, 0) is 52.9 Å². The lowest BCUT2D eigenvalue weighted by Crippen LogP contribution is -2.43. The van der Waals surface area contributed by atoms with Crippen molar-refractivity contribution in [2.45, 2.75) is 60.5 Å². The van der Waals surface area contributed by atoms with Gasteiger partial charge in [0.15, 0.2) is 0 Å². The number of hydroxylamine groups is 2. The first-order valence-electron chi connectivity index (χ1n) is 7.76. The average Bonchev–Trinajstić information content (AvgIpc) is 2.30. The lowest BCUT2D eigenvalue weighted by atomic mass is 9.85. The van der Waals surface area contributed by atoms with E-state index in [9.17, 15) is 9.59 Å². The summed E-state index contributed by atoms with van der Waals surface area (Å²) in [7, 11) is 0. The van der Waals surface area contributed by atoms with Crippen LogP contribution in [0.15, 0.2) is 0 Å². The van der Waals surface area contributed by atoms with E-state index in [0.29, 0.717) is 31.3 Å². The summed E-state index contributed by atoms with van der Waals surface area (Å²) in [6.45, 7) is 12.7. The molecule has 2 atom stereocenters. The minimum Gasteiger partial charge on any atom is -0.463 e. The first kappa shape index (κ1) is 18.0. The van der Waals surface area contributed by atoms with E-state index in [-0.39, 0.29) is 18.0 Å². The number of hydrogen-bond donors (Lipinski definition) is 0. The smallest absolute Gasteiger partial charge is 0.330 e. The van der Waals surface area contributed by atoms with Gasteiger partial charge in [0.25, 0.3) is 0 Å². The molecule has 5 heteroatoms. The summed E-state index contributed by atoms with van der Waals surface area (Å²) in [5.74, 6) is 0.237. The monoisotopic (exact) mass is 299 g/mol. The largest absolute Gasteiger partial charge is 0.463 e. The Morgan fingerprint density at radius 2 is 1.90 bits per heavy atom. The fourth-order valence-electron chi connectivity index (χ4n) is 2.32. The van der Waals surface area contributed by atoms with Gasteiger partial charge in [0.05, 0.1) is 11.5 Å². The van der Waals surface area contributed by atoms with Gasteiger partial charge in [-0.3, -0.25) is 4.79 Å². The molecule has 5 nitrogen and oxygen atoms in total. The highest BCUT2D eigenvalue weighted by molar-refractivity contribution is 5.75. The van der Waals surface area contributed by atoms with Gasteiger partial charge in [0.1, 0.15) is 0 Å². The highest BCUT2D eigenvalue weighted by Crippen LogP contribution is 2.28. The molecule has 0 aromatic rings. The van der Waals surface area contributed by atoms with E-state index in [4.69, 9.17) is 9.57 Å².